The van der Waals surface area contributed by atoms with E-state index in [-0.39, 0.29) is 108 Å². The predicted molar refractivity (Wildman–Crippen MR) is 150 cm³/mol. The Bertz CT molecular complexity index is 1070. The summed E-state index contributed by atoms with van der Waals surface area (Å²) in [6, 6.07) is 0. The smallest absolute Gasteiger partial charge is 0.141 e. The molecule has 0 aromatic heterocycles. The Morgan fingerprint density at radius 2 is 0.844 bits per heavy atom. The van der Waals surface area contributed by atoms with Gasteiger partial charge < -0.3 is 42.6 Å². The van der Waals surface area contributed by atoms with Crippen LogP contribution in [0.4, 0.5) is 0 Å². The number of epoxide rings is 3. The van der Waals surface area contributed by atoms with Gasteiger partial charge in [0.15, 0.2) is 0 Å². The number of carbonyl (C=O) groups excluding carboxylic acids is 3. The first-order valence-electron chi connectivity index (χ1n) is 17.2. The fourth-order valence-corrected chi connectivity index (χ4v) is 9.18. The zero-order valence-electron chi connectivity index (χ0n) is 25.8. The minimum Gasteiger partial charge on any atom is -0.380 e. The first kappa shape index (κ1) is 29.8. The highest BCUT2D eigenvalue weighted by Crippen LogP contribution is 2.53. The summed E-state index contributed by atoms with van der Waals surface area (Å²) in [7, 11) is 0. The molecule has 0 aliphatic carbocycles. The molecule has 248 valence electrons. The third kappa shape index (κ3) is 5.27. The van der Waals surface area contributed by atoms with Gasteiger partial charge in [0.25, 0.3) is 0 Å². The van der Waals surface area contributed by atoms with Crippen LogP contribution in [-0.2, 0) is 57.0 Å². The van der Waals surface area contributed by atoms with Crippen molar-refractivity contribution in [2.75, 3.05) is 39.6 Å². The van der Waals surface area contributed by atoms with E-state index in [1.807, 2.05) is 0 Å². The summed E-state index contributed by atoms with van der Waals surface area (Å²) in [5.41, 5.74) is -0.477. The SMILES string of the molecule is CCC(COCCC(=O)C1CC2OC1C1OC21)(COCCC(=O)C1CC2OC1C1OC21)COCCC(=O)C1CC2OC1C1OC21. The summed E-state index contributed by atoms with van der Waals surface area (Å²) in [5, 5.41) is 0. The molecule has 15 atom stereocenters. The minimum atomic E-state index is -0.477. The molecule has 0 saturated carbocycles. The van der Waals surface area contributed by atoms with Gasteiger partial charge in [0.2, 0.25) is 0 Å². The van der Waals surface area contributed by atoms with Crippen molar-refractivity contribution < 1.29 is 57.0 Å². The van der Waals surface area contributed by atoms with Crippen LogP contribution in [-0.4, -0.2) is 130 Å². The van der Waals surface area contributed by atoms with E-state index in [9.17, 15) is 14.4 Å². The summed E-state index contributed by atoms with van der Waals surface area (Å²) in [6.45, 7) is 4.03. The maximum Gasteiger partial charge on any atom is 0.141 e. The van der Waals surface area contributed by atoms with Crippen LogP contribution in [0.2, 0.25) is 0 Å². The Kier molecular flexibility index (Phi) is 7.52. The molecule has 12 nitrogen and oxygen atoms in total. The summed E-state index contributed by atoms with van der Waals surface area (Å²) in [4.78, 5) is 38.8. The Morgan fingerprint density at radius 3 is 1.11 bits per heavy atom. The van der Waals surface area contributed by atoms with Gasteiger partial charge in [-0.2, -0.15) is 0 Å². The van der Waals surface area contributed by atoms with Crippen molar-refractivity contribution in [1.82, 2.24) is 0 Å². The van der Waals surface area contributed by atoms with Gasteiger partial charge in [0, 0.05) is 42.4 Å². The molecular formula is C33H44O12. The molecule has 45 heavy (non-hydrogen) atoms. The van der Waals surface area contributed by atoms with Crippen LogP contribution in [0, 0.1) is 23.2 Å². The second-order valence-electron chi connectivity index (χ2n) is 14.8. The predicted octanol–water partition coefficient (Wildman–Crippen LogP) is 0.974. The second-order valence-corrected chi connectivity index (χ2v) is 14.8. The molecule has 0 aromatic rings. The highest BCUT2D eigenvalue weighted by atomic mass is 16.7. The summed E-state index contributed by atoms with van der Waals surface area (Å²) < 4.78 is 52.9. The normalized spacial score (nSPS) is 47.8. The number of ether oxygens (including phenoxy) is 9. The van der Waals surface area contributed by atoms with E-state index >= 15 is 0 Å². The lowest BCUT2D eigenvalue weighted by Crippen LogP contribution is -2.38. The summed E-state index contributed by atoms with van der Waals surface area (Å²) in [6.07, 6.45) is 4.77. The van der Waals surface area contributed by atoms with Gasteiger partial charge in [-0.3, -0.25) is 14.4 Å². The molecule has 0 N–H and O–H groups in total. The molecule has 12 heteroatoms. The Labute approximate surface area is 262 Å². The van der Waals surface area contributed by atoms with Crippen LogP contribution < -0.4 is 0 Å². The molecule has 15 unspecified atom stereocenters. The van der Waals surface area contributed by atoms with Crippen LogP contribution >= 0.6 is 0 Å². The van der Waals surface area contributed by atoms with Crippen molar-refractivity contribution in [1.29, 1.82) is 0 Å². The third-order valence-corrected chi connectivity index (χ3v) is 12.1. The first-order chi connectivity index (χ1) is 21.9. The fourth-order valence-electron chi connectivity index (χ4n) is 9.18. The van der Waals surface area contributed by atoms with Gasteiger partial charge >= 0.3 is 0 Å². The van der Waals surface area contributed by atoms with Crippen LogP contribution in [0.3, 0.4) is 0 Å². The van der Waals surface area contributed by atoms with E-state index in [1.165, 1.54) is 0 Å². The van der Waals surface area contributed by atoms with Crippen molar-refractivity contribution >= 4 is 17.3 Å². The molecule has 0 aromatic carbocycles. The minimum absolute atomic E-state index is 0.0706. The Balaban J connectivity index is 0.747. The molecule has 9 heterocycles. The topological polar surface area (TPSA) is 144 Å². The van der Waals surface area contributed by atoms with Crippen LogP contribution in [0.25, 0.3) is 0 Å². The maximum atomic E-state index is 12.9. The Morgan fingerprint density at radius 1 is 0.511 bits per heavy atom. The van der Waals surface area contributed by atoms with E-state index in [0.29, 0.717) is 65.3 Å². The molecule has 0 amide bonds. The van der Waals surface area contributed by atoms with Gasteiger partial charge in [-0.25, -0.2) is 0 Å². The highest BCUT2D eigenvalue weighted by molar-refractivity contribution is 5.83. The molecule has 9 aliphatic rings. The number of rotatable bonds is 19. The van der Waals surface area contributed by atoms with Gasteiger partial charge in [0.1, 0.15) is 54.0 Å². The number of carbonyl (C=O) groups is 3. The number of ketones is 3. The average Bonchev–Trinajstić information content (AvgIpc) is 4.00. The van der Waals surface area contributed by atoms with Crippen molar-refractivity contribution in [3.63, 3.8) is 0 Å². The number of fused-ring (bicyclic) bond motifs is 15. The molecule has 6 bridgehead atoms. The quantitative estimate of drug-likeness (QED) is 0.148. The van der Waals surface area contributed by atoms with E-state index < -0.39 is 5.41 Å². The largest absolute Gasteiger partial charge is 0.380 e. The molecule has 0 radical (unpaired) electrons. The van der Waals surface area contributed by atoms with E-state index in [1.54, 1.807) is 0 Å². The van der Waals surface area contributed by atoms with Crippen molar-refractivity contribution in [2.24, 2.45) is 23.2 Å². The van der Waals surface area contributed by atoms with E-state index in [0.717, 1.165) is 19.3 Å². The average molecular weight is 633 g/mol. The summed E-state index contributed by atoms with van der Waals surface area (Å²) >= 11 is 0. The van der Waals surface area contributed by atoms with Gasteiger partial charge in [-0.15, -0.1) is 0 Å². The lowest BCUT2D eigenvalue weighted by molar-refractivity contribution is -0.127. The van der Waals surface area contributed by atoms with Gasteiger partial charge in [0.05, 0.1) is 76.3 Å². The van der Waals surface area contributed by atoms with E-state index in [2.05, 4.69) is 6.92 Å². The molecule has 9 fully saturated rings. The van der Waals surface area contributed by atoms with E-state index in [4.69, 9.17) is 42.6 Å². The first-order valence-corrected chi connectivity index (χ1v) is 17.2. The van der Waals surface area contributed by atoms with Crippen LogP contribution in [0.1, 0.15) is 51.9 Å². The molecular weight excluding hydrogens is 588 g/mol. The second kappa shape index (κ2) is 11.4. The number of hydrogen-bond donors (Lipinski definition) is 0. The van der Waals surface area contributed by atoms with Crippen molar-refractivity contribution in [3.05, 3.63) is 0 Å². The zero-order valence-corrected chi connectivity index (χ0v) is 25.8. The lowest BCUT2D eigenvalue weighted by Gasteiger charge is -2.32. The van der Waals surface area contributed by atoms with Crippen molar-refractivity contribution in [2.45, 2.75) is 125 Å². The van der Waals surface area contributed by atoms with Gasteiger partial charge in [-0.05, 0) is 25.7 Å². The third-order valence-electron chi connectivity index (χ3n) is 12.1. The highest BCUT2D eigenvalue weighted by Gasteiger charge is 2.68. The van der Waals surface area contributed by atoms with Gasteiger partial charge in [-0.1, -0.05) is 6.92 Å². The monoisotopic (exact) mass is 632 g/mol. The fraction of sp³-hybridized carbons (Fsp3) is 0.909. The van der Waals surface area contributed by atoms with Crippen LogP contribution in [0.15, 0.2) is 0 Å². The number of Topliss-reactive ketones (excluding diaryl/α,β-unsaturated/α-hetero) is 3. The molecule has 9 aliphatic heterocycles. The lowest BCUT2D eigenvalue weighted by atomic mass is 9.85. The number of hydrogen-bond acceptors (Lipinski definition) is 12. The standard InChI is InChI=1S/C33H44O12/c1-2-33(12-37-6-3-18(34)15-9-21-27-30(43-27)24(15)40-21,13-38-7-4-19(35)16-10-22-28-31(44-28)25(16)41-22)14-39-8-5-20(36)17-11-23-29-32(45-29)26(17)42-23/h15-17,21-32H,2-14H2,1H3. The molecule has 9 rings (SSSR count). The molecule has 9 saturated heterocycles. The zero-order chi connectivity index (χ0) is 30.4. The summed E-state index contributed by atoms with van der Waals surface area (Å²) in [5.74, 6) is 0.205. The molecule has 0 spiro atoms. The Hall–Kier alpha value is -1.35. The maximum absolute atomic E-state index is 12.9. The van der Waals surface area contributed by atoms with Crippen molar-refractivity contribution in [3.8, 4) is 0 Å². The van der Waals surface area contributed by atoms with Crippen LogP contribution in [0.5, 0.6) is 0 Å².